The van der Waals surface area contributed by atoms with Crippen LogP contribution in [-0.4, -0.2) is 11.9 Å². The van der Waals surface area contributed by atoms with Crippen LogP contribution in [0.5, 0.6) is 0 Å². The molecular formula is C13H16BrClFN. The molecule has 0 amide bonds. The first-order valence-corrected chi connectivity index (χ1v) is 7.19. The van der Waals surface area contributed by atoms with Crippen molar-refractivity contribution >= 4 is 27.5 Å². The Morgan fingerprint density at radius 2 is 2.24 bits per heavy atom. The van der Waals surface area contributed by atoms with Gasteiger partial charge in [-0.25, -0.2) is 4.39 Å². The number of halogens is 3. The third-order valence-electron chi connectivity index (χ3n) is 3.32. The first-order chi connectivity index (χ1) is 8.18. The molecule has 0 heterocycles. The number of rotatable bonds is 4. The predicted octanol–water partition coefficient (Wildman–Crippen LogP) is 4.09. The zero-order valence-corrected chi connectivity index (χ0v) is 11.9. The molecule has 1 aliphatic carbocycles. The molecule has 17 heavy (non-hydrogen) atoms. The summed E-state index contributed by atoms with van der Waals surface area (Å²) >= 11 is 9.47. The summed E-state index contributed by atoms with van der Waals surface area (Å²) in [5.74, 6) is 0.351. The molecule has 0 radical (unpaired) electrons. The van der Waals surface area contributed by atoms with Crippen molar-refractivity contribution in [3.05, 3.63) is 34.1 Å². The van der Waals surface area contributed by atoms with Gasteiger partial charge in [-0.15, -0.1) is 11.6 Å². The van der Waals surface area contributed by atoms with Crippen LogP contribution < -0.4 is 5.32 Å². The third kappa shape index (κ3) is 3.43. The first kappa shape index (κ1) is 13.3. The van der Waals surface area contributed by atoms with Crippen LogP contribution in [0.15, 0.2) is 22.7 Å². The van der Waals surface area contributed by atoms with E-state index in [1.54, 1.807) is 6.07 Å². The molecule has 0 aliphatic heterocycles. The smallest absolute Gasteiger partial charge is 0.137 e. The van der Waals surface area contributed by atoms with E-state index < -0.39 is 0 Å². The number of hydrogen-bond donors (Lipinski definition) is 1. The molecule has 1 aromatic rings. The second-order valence-electron chi connectivity index (χ2n) is 4.55. The van der Waals surface area contributed by atoms with Gasteiger partial charge in [0.05, 0.1) is 4.47 Å². The van der Waals surface area contributed by atoms with Crippen molar-refractivity contribution in [3.63, 3.8) is 0 Å². The summed E-state index contributed by atoms with van der Waals surface area (Å²) in [7, 11) is 0. The summed E-state index contributed by atoms with van der Waals surface area (Å²) in [5.41, 5.74) is 0.953. The van der Waals surface area contributed by atoms with Crippen molar-refractivity contribution < 1.29 is 4.39 Å². The van der Waals surface area contributed by atoms with E-state index in [0.717, 1.165) is 18.5 Å². The molecule has 2 unspecified atom stereocenters. The molecule has 0 saturated heterocycles. The second kappa shape index (κ2) is 6.17. The SMILES string of the molecule is Fc1cccc(CNCC2CCCC2Cl)c1Br. The predicted molar refractivity (Wildman–Crippen MR) is 72.8 cm³/mol. The van der Waals surface area contributed by atoms with E-state index in [1.807, 2.05) is 6.07 Å². The highest BCUT2D eigenvalue weighted by Crippen LogP contribution is 2.29. The van der Waals surface area contributed by atoms with Crippen LogP contribution in [0.3, 0.4) is 0 Å². The van der Waals surface area contributed by atoms with Gasteiger partial charge in [-0.2, -0.15) is 0 Å². The summed E-state index contributed by atoms with van der Waals surface area (Å²) in [4.78, 5) is 0. The Morgan fingerprint density at radius 1 is 1.41 bits per heavy atom. The van der Waals surface area contributed by atoms with E-state index in [0.29, 0.717) is 22.3 Å². The second-order valence-corrected chi connectivity index (χ2v) is 5.90. The van der Waals surface area contributed by atoms with Crippen LogP contribution in [0.25, 0.3) is 0 Å². The summed E-state index contributed by atoms with van der Waals surface area (Å²) < 4.78 is 13.8. The summed E-state index contributed by atoms with van der Waals surface area (Å²) in [6.07, 6.45) is 3.55. The van der Waals surface area contributed by atoms with Crippen molar-refractivity contribution in [1.29, 1.82) is 0 Å². The maximum atomic E-state index is 13.3. The van der Waals surface area contributed by atoms with E-state index >= 15 is 0 Å². The highest BCUT2D eigenvalue weighted by molar-refractivity contribution is 9.10. The largest absolute Gasteiger partial charge is 0.312 e. The monoisotopic (exact) mass is 319 g/mol. The molecule has 1 fully saturated rings. The Labute approximate surface area is 115 Å². The lowest BCUT2D eigenvalue weighted by Crippen LogP contribution is -2.25. The van der Waals surface area contributed by atoms with Crippen molar-refractivity contribution in [3.8, 4) is 0 Å². The van der Waals surface area contributed by atoms with Crippen LogP contribution in [0.4, 0.5) is 4.39 Å². The van der Waals surface area contributed by atoms with Crippen LogP contribution in [0.2, 0.25) is 0 Å². The van der Waals surface area contributed by atoms with E-state index in [-0.39, 0.29) is 5.82 Å². The van der Waals surface area contributed by atoms with Crippen LogP contribution in [0, 0.1) is 11.7 Å². The van der Waals surface area contributed by atoms with Gasteiger partial charge in [-0.1, -0.05) is 18.6 Å². The lowest BCUT2D eigenvalue weighted by Gasteiger charge is -2.15. The first-order valence-electron chi connectivity index (χ1n) is 5.96. The van der Waals surface area contributed by atoms with Crippen molar-refractivity contribution in [2.75, 3.05) is 6.54 Å². The zero-order valence-electron chi connectivity index (χ0n) is 9.56. The van der Waals surface area contributed by atoms with Gasteiger partial charge in [0.15, 0.2) is 0 Å². The van der Waals surface area contributed by atoms with E-state index in [9.17, 15) is 4.39 Å². The summed E-state index contributed by atoms with van der Waals surface area (Å²) in [5, 5.41) is 3.67. The molecule has 1 N–H and O–H groups in total. The quantitative estimate of drug-likeness (QED) is 0.824. The normalized spacial score (nSPS) is 24.2. The minimum absolute atomic E-state index is 0.208. The average molecular weight is 321 g/mol. The van der Waals surface area contributed by atoms with Gasteiger partial charge >= 0.3 is 0 Å². The van der Waals surface area contributed by atoms with Crippen molar-refractivity contribution in [2.45, 2.75) is 31.2 Å². The van der Waals surface area contributed by atoms with E-state index in [1.165, 1.54) is 18.9 Å². The van der Waals surface area contributed by atoms with Gasteiger partial charge in [0, 0.05) is 11.9 Å². The van der Waals surface area contributed by atoms with Gasteiger partial charge in [0.25, 0.3) is 0 Å². The molecule has 0 spiro atoms. The van der Waals surface area contributed by atoms with Crippen LogP contribution >= 0.6 is 27.5 Å². The molecule has 1 nitrogen and oxygen atoms in total. The third-order valence-corrected chi connectivity index (χ3v) is 4.78. The maximum absolute atomic E-state index is 13.3. The van der Waals surface area contributed by atoms with Gasteiger partial charge in [-0.05, 0) is 52.9 Å². The van der Waals surface area contributed by atoms with E-state index in [2.05, 4.69) is 21.2 Å². The molecule has 1 aromatic carbocycles. The Balaban J connectivity index is 1.84. The Morgan fingerprint density at radius 3 is 2.94 bits per heavy atom. The molecular weight excluding hydrogens is 305 g/mol. The Hall–Kier alpha value is -0.120. The van der Waals surface area contributed by atoms with Gasteiger partial charge in [-0.3, -0.25) is 0 Å². The number of benzene rings is 1. The van der Waals surface area contributed by atoms with Gasteiger partial charge in [0.2, 0.25) is 0 Å². The van der Waals surface area contributed by atoms with Gasteiger partial charge in [0.1, 0.15) is 5.82 Å². The lowest BCUT2D eigenvalue weighted by molar-refractivity contribution is 0.492. The molecule has 0 aromatic heterocycles. The number of hydrogen-bond acceptors (Lipinski definition) is 1. The van der Waals surface area contributed by atoms with E-state index in [4.69, 9.17) is 11.6 Å². The maximum Gasteiger partial charge on any atom is 0.137 e. The fourth-order valence-corrected chi connectivity index (χ4v) is 3.07. The molecule has 1 aliphatic rings. The Bertz CT molecular complexity index is 386. The molecule has 2 atom stereocenters. The number of alkyl halides is 1. The summed E-state index contributed by atoms with van der Waals surface area (Å²) in [6, 6.07) is 5.11. The van der Waals surface area contributed by atoms with Crippen LogP contribution in [0.1, 0.15) is 24.8 Å². The minimum Gasteiger partial charge on any atom is -0.312 e. The average Bonchev–Trinajstić information content (AvgIpc) is 2.71. The lowest BCUT2D eigenvalue weighted by atomic mass is 10.1. The standard InChI is InChI=1S/C13H16BrClFN/c14-13-10(4-2-6-12(13)16)8-17-7-9-3-1-5-11(9)15/h2,4,6,9,11,17H,1,3,5,7-8H2. The zero-order chi connectivity index (χ0) is 12.3. The molecule has 1 saturated carbocycles. The van der Waals surface area contributed by atoms with Gasteiger partial charge < -0.3 is 5.32 Å². The minimum atomic E-state index is -0.208. The molecule has 2 rings (SSSR count). The highest BCUT2D eigenvalue weighted by Gasteiger charge is 2.24. The highest BCUT2D eigenvalue weighted by atomic mass is 79.9. The van der Waals surface area contributed by atoms with Crippen LogP contribution in [-0.2, 0) is 6.54 Å². The Kier molecular flexibility index (Phi) is 4.83. The van der Waals surface area contributed by atoms with Crippen molar-refractivity contribution in [1.82, 2.24) is 5.32 Å². The molecule has 0 bridgehead atoms. The number of nitrogens with one attached hydrogen (secondary N) is 1. The topological polar surface area (TPSA) is 12.0 Å². The molecule has 94 valence electrons. The van der Waals surface area contributed by atoms with Crippen molar-refractivity contribution in [2.24, 2.45) is 5.92 Å². The fourth-order valence-electron chi connectivity index (χ4n) is 2.30. The summed E-state index contributed by atoms with van der Waals surface area (Å²) in [6.45, 7) is 1.59. The molecule has 4 heteroatoms. The fraction of sp³-hybridized carbons (Fsp3) is 0.538.